The van der Waals surface area contributed by atoms with Crippen molar-refractivity contribution in [1.82, 2.24) is 20.4 Å². The summed E-state index contributed by atoms with van der Waals surface area (Å²) in [6.07, 6.45) is 0.878. The number of hydrogen-bond donors (Lipinski definition) is 2. The minimum absolute atomic E-state index is 0.0584. The van der Waals surface area contributed by atoms with Crippen LogP contribution in [0.4, 0.5) is 0 Å². The van der Waals surface area contributed by atoms with E-state index in [2.05, 4.69) is 15.5 Å². The highest BCUT2D eigenvalue weighted by atomic mass is 16.2. The lowest BCUT2D eigenvalue weighted by molar-refractivity contribution is -0.121. The van der Waals surface area contributed by atoms with Gasteiger partial charge in [-0.3, -0.25) is 14.7 Å². The molecule has 0 saturated carbocycles. The van der Waals surface area contributed by atoms with E-state index in [0.717, 1.165) is 12.1 Å². The maximum Gasteiger partial charge on any atom is 0.257 e. The highest BCUT2D eigenvalue weighted by Crippen LogP contribution is 2.11. The minimum atomic E-state index is -0.189. The van der Waals surface area contributed by atoms with Crippen LogP contribution in [-0.4, -0.2) is 47.0 Å². The van der Waals surface area contributed by atoms with E-state index in [4.69, 9.17) is 0 Å². The van der Waals surface area contributed by atoms with Crippen LogP contribution in [0.5, 0.6) is 0 Å². The van der Waals surface area contributed by atoms with Crippen LogP contribution >= 0.6 is 0 Å². The highest BCUT2D eigenvalue weighted by molar-refractivity contribution is 5.98. The number of carbonyl (C=O) groups is 2. The molecule has 0 saturated heterocycles. The molecule has 0 spiro atoms. The van der Waals surface area contributed by atoms with Crippen molar-refractivity contribution < 1.29 is 9.59 Å². The number of nitrogens with one attached hydrogen (secondary N) is 2. The van der Waals surface area contributed by atoms with Crippen molar-refractivity contribution in [3.05, 3.63) is 17.0 Å². The van der Waals surface area contributed by atoms with Crippen LogP contribution in [0.15, 0.2) is 0 Å². The zero-order valence-electron chi connectivity index (χ0n) is 11.3. The van der Waals surface area contributed by atoms with E-state index >= 15 is 0 Å². The van der Waals surface area contributed by atoms with Crippen LogP contribution in [0.3, 0.4) is 0 Å². The number of carbonyl (C=O) groups excluding carboxylic acids is 2. The van der Waals surface area contributed by atoms with Crippen LogP contribution in [0.25, 0.3) is 0 Å². The first-order chi connectivity index (χ1) is 8.47. The molecule has 6 nitrogen and oxygen atoms in total. The number of aryl methyl sites for hydroxylation is 2. The fraction of sp³-hybridized carbons (Fsp3) is 0.583. The van der Waals surface area contributed by atoms with Gasteiger partial charge in [0.25, 0.3) is 5.91 Å². The Hall–Kier alpha value is -1.85. The summed E-state index contributed by atoms with van der Waals surface area (Å²) in [6, 6.07) is 0. The van der Waals surface area contributed by atoms with Crippen LogP contribution in [-0.2, 0) is 4.79 Å². The van der Waals surface area contributed by atoms with Gasteiger partial charge in [0.2, 0.25) is 5.91 Å². The van der Waals surface area contributed by atoms with Gasteiger partial charge in [-0.2, -0.15) is 5.10 Å². The van der Waals surface area contributed by atoms with Crippen LogP contribution in [0.1, 0.15) is 35.1 Å². The van der Waals surface area contributed by atoms with E-state index in [-0.39, 0.29) is 18.4 Å². The Balaban J connectivity index is 2.65. The van der Waals surface area contributed by atoms with Crippen molar-refractivity contribution in [2.24, 2.45) is 0 Å². The number of aromatic nitrogens is 2. The summed E-state index contributed by atoms with van der Waals surface area (Å²) in [5, 5.41) is 9.47. The maximum absolute atomic E-state index is 12.1. The van der Waals surface area contributed by atoms with Crippen LogP contribution in [0.2, 0.25) is 0 Å². The van der Waals surface area contributed by atoms with Gasteiger partial charge in [0.15, 0.2) is 0 Å². The first-order valence-corrected chi connectivity index (χ1v) is 6.01. The van der Waals surface area contributed by atoms with E-state index in [1.165, 1.54) is 4.90 Å². The van der Waals surface area contributed by atoms with Gasteiger partial charge in [-0.25, -0.2) is 0 Å². The lowest BCUT2D eigenvalue weighted by Gasteiger charge is -2.16. The first-order valence-electron chi connectivity index (χ1n) is 6.01. The van der Waals surface area contributed by atoms with Gasteiger partial charge < -0.3 is 10.2 Å². The fourth-order valence-corrected chi connectivity index (χ4v) is 1.66. The van der Waals surface area contributed by atoms with Crippen LogP contribution < -0.4 is 5.32 Å². The molecular formula is C12H20N4O2. The zero-order chi connectivity index (χ0) is 13.7. The molecule has 0 radical (unpaired) electrons. The predicted molar refractivity (Wildman–Crippen MR) is 68.3 cm³/mol. The fourth-order valence-electron chi connectivity index (χ4n) is 1.66. The van der Waals surface area contributed by atoms with Gasteiger partial charge in [0.1, 0.15) is 0 Å². The molecule has 0 aliphatic carbocycles. The molecule has 0 aliphatic heterocycles. The summed E-state index contributed by atoms with van der Waals surface area (Å²) >= 11 is 0. The van der Waals surface area contributed by atoms with Gasteiger partial charge in [-0.05, 0) is 20.3 Å². The molecule has 0 aromatic carbocycles. The van der Waals surface area contributed by atoms with Gasteiger partial charge >= 0.3 is 0 Å². The number of aromatic amines is 1. The SMILES string of the molecule is CCCNC(=O)CN(C)C(=O)c1c(C)n[nH]c1C. The van der Waals surface area contributed by atoms with Gasteiger partial charge in [-0.15, -0.1) is 0 Å². The maximum atomic E-state index is 12.1. The van der Waals surface area contributed by atoms with Crippen molar-refractivity contribution in [1.29, 1.82) is 0 Å². The van der Waals surface area contributed by atoms with Crippen molar-refractivity contribution >= 4 is 11.8 Å². The minimum Gasteiger partial charge on any atom is -0.355 e. The summed E-state index contributed by atoms with van der Waals surface area (Å²) in [7, 11) is 1.61. The molecule has 0 aliphatic rings. The van der Waals surface area contributed by atoms with Crippen molar-refractivity contribution in [3.8, 4) is 0 Å². The number of hydrogen-bond acceptors (Lipinski definition) is 3. The molecule has 0 fully saturated rings. The zero-order valence-corrected chi connectivity index (χ0v) is 11.3. The molecule has 1 aromatic rings. The first kappa shape index (κ1) is 14.2. The Bertz CT molecular complexity index is 420. The van der Waals surface area contributed by atoms with E-state index in [9.17, 15) is 9.59 Å². The number of rotatable bonds is 5. The molecule has 18 heavy (non-hydrogen) atoms. The molecule has 0 atom stereocenters. The normalized spacial score (nSPS) is 10.2. The Morgan fingerprint density at radius 2 is 2.06 bits per heavy atom. The summed E-state index contributed by atoms with van der Waals surface area (Å²) < 4.78 is 0. The smallest absolute Gasteiger partial charge is 0.257 e. The average molecular weight is 252 g/mol. The van der Waals surface area contributed by atoms with Gasteiger partial charge in [0.05, 0.1) is 17.8 Å². The summed E-state index contributed by atoms with van der Waals surface area (Å²) in [5.41, 5.74) is 1.91. The number of H-pyrrole nitrogens is 1. The second kappa shape index (κ2) is 6.18. The average Bonchev–Trinajstić information content (AvgIpc) is 2.65. The molecule has 0 bridgehead atoms. The van der Waals surface area contributed by atoms with Gasteiger partial charge in [0, 0.05) is 19.3 Å². The topological polar surface area (TPSA) is 78.1 Å². The molecule has 0 unspecified atom stereocenters. The molecule has 1 aromatic heterocycles. The standard InChI is InChI=1S/C12H20N4O2/c1-5-6-13-10(17)7-16(4)12(18)11-8(2)14-15-9(11)3/h5-7H2,1-4H3,(H,13,17)(H,14,15). The molecule has 100 valence electrons. The third-order valence-corrected chi connectivity index (χ3v) is 2.64. The molecule has 2 amide bonds. The third kappa shape index (κ3) is 3.32. The number of amides is 2. The summed E-state index contributed by atoms with van der Waals surface area (Å²) in [4.78, 5) is 25.1. The summed E-state index contributed by atoms with van der Waals surface area (Å²) in [6.45, 7) is 6.22. The molecular weight excluding hydrogens is 232 g/mol. The Labute approximate surface area is 107 Å². The van der Waals surface area contributed by atoms with E-state index in [1.54, 1.807) is 20.9 Å². The summed E-state index contributed by atoms with van der Waals surface area (Å²) in [5.74, 6) is -0.336. The second-order valence-electron chi connectivity index (χ2n) is 4.32. The van der Waals surface area contributed by atoms with E-state index in [0.29, 0.717) is 17.8 Å². The molecule has 1 heterocycles. The van der Waals surface area contributed by atoms with E-state index in [1.807, 2.05) is 6.92 Å². The highest BCUT2D eigenvalue weighted by Gasteiger charge is 2.20. The largest absolute Gasteiger partial charge is 0.355 e. The van der Waals surface area contributed by atoms with Crippen molar-refractivity contribution in [2.45, 2.75) is 27.2 Å². The number of likely N-dealkylation sites (N-methyl/N-ethyl adjacent to an activating group) is 1. The molecule has 2 N–H and O–H groups in total. The lowest BCUT2D eigenvalue weighted by Crippen LogP contribution is -2.38. The third-order valence-electron chi connectivity index (χ3n) is 2.64. The van der Waals surface area contributed by atoms with Crippen molar-refractivity contribution in [3.63, 3.8) is 0 Å². The number of nitrogens with zero attached hydrogens (tertiary/aromatic N) is 2. The van der Waals surface area contributed by atoms with Crippen molar-refractivity contribution in [2.75, 3.05) is 20.1 Å². The molecule has 6 heteroatoms. The Morgan fingerprint density at radius 1 is 1.39 bits per heavy atom. The lowest BCUT2D eigenvalue weighted by atomic mass is 10.2. The van der Waals surface area contributed by atoms with Crippen LogP contribution in [0, 0.1) is 13.8 Å². The van der Waals surface area contributed by atoms with Gasteiger partial charge in [-0.1, -0.05) is 6.92 Å². The Kier molecular flexibility index (Phi) is 4.88. The molecule has 1 rings (SSSR count). The predicted octanol–water partition coefficient (Wildman–Crippen LogP) is 0.625. The van der Waals surface area contributed by atoms with E-state index < -0.39 is 0 Å². The Morgan fingerprint density at radius 3 is 2.56 bits per heavy atom. The monoisotopic (exact) mass is 252 g/mol. The second-order valence-corrected chi connectivity index (χ2v) is 4.32. The quantitative estimate of drug-likeness (QED) is 0.806.